The highest BCUT2D eigenvalue weighted by molar-refractivity contribution is 7.14. The Hall–Kier alpha value is -2.78. The molecular weight excluding hydrogens is 372 g/mol. The lowest BCUT2D eigenvalue weighted by molar-refractivity contribution is 0.102. The summed E-state index contributed by atoms with van der Waals surface area (Å²) in [5, 5.41) is 7.23. The van der Waals surface area contributed by atoms with Gasteiger partial charge in [-0.3, -0.25) is 9.59 Å². The number of carbonyl (C=O) groups excluding carboxylic acids is 2. The molecule has 0 spiro atoms. The zero-order valence-corrected chi connectivity index (χ0v) is 16.0. The average molecular weight is 388 g/mol. The van der Waals surface area contributed by atoms with Crippen LogP contribution in [0.15, 0.2) is 30.6 Å². The second-order valence-electron chi connectivity index (χ2n) is 5.31. The Bertz CT molecular complexity index is 965. The molecule has 7 nitrogen and oxygen atoms in total. The van der Waals surface area contributed by atoms with Crippen LogP contribution < -0.4 is 15.4 Å². The number of thiazole rings is 2. The summed E-state index contributed by atoms with van der Waals surface area (Å²) in [7, 11) is 1.50. The Kier molecular flexibility index (Phi) is 5.29. The molecule has 0 aliphatic rings. The van der Waals surface area contributed by atoms with Crippen molar-refractivity contribution in [2.24, 2.45) is 0 Å². The van der Waals surface area contributed by atoms with Crippen molar-refractivity contribution in [2.75, 3.05) is 17.7 Å². The van der Waals surface area contributed by atoms with Gasteiger partial charge in [-0.15, -0.1) is 22.7 Å². The highest BCUT2D eigenvalue weighted by atomic mass is 32.1. The van der Waals surface area contributed by atoms with E-state index in [1.54, 1.807) is 18.2 Å². The van der Waals surface area contributed by atoms with Gasteiger partial charge in [0.25, 0.3) is 11.8 Å². The van der Waals surface area contributed by atoms with Crippen molar-refractivity contribution < 1.29 is 14.3 Å². The molecule has 1 aromatic carbocycles. The first-order valence-corrected chi connectivity index (χ1v) is 9.25. The van der Waals surface area contributed by atoms with E-state index >= 15 is 0 Å². The summed E-state index contributed by atoms with van der Waals surface area (Å²) in [6.45, 7) is 3.68. The fourth-order valence-electron chi connectivity index (χ4n) is 2.18. The van der Waals surface area contributed by atoms with Crippen LogP contribution in [0.2, 0.25) is 0 Å². The molecule has 0 saturated heterocycles. The van der Waals surface area contributed by atoms with Crippen LogP contribution in [0, 0.1) is 13.8 Å². The molecule has 3 aromatic rings. The fraction of sp³-hybridized carbons (Fsp3) is 0.176. The first kappa shape index (κ1) is 18.0. The number of hydrogen-bond donors (Lipinski definition) is 2. The Labute approximate surface area is 158 Å². The van der Waals surface area contributed by atoms with Crippen LogP contribution in [0.4, 0.5) is 11.4 Å². The number of hydrogen-bond acceptors (Lipinski definition) is 7. The maximum atomic E-state index is 12.3. The zero-order valence-electron chi connectivity index (χ0n) is 14.3. The number of aromatic nitrogens is 2. The smallest absolute Gasteiger partial charge is 0.267 e. The van der Waals surface area contributed by atoms with E-state index in [0.29, 0.717) is 26.9 Å². The number of nitrogens with zero attached hydrogens (tertiary/aromatic N) is 2. The lowest BCUT2D eigenvalue weighted by atomic mass is 10.2. The number of carbonyl (C=O) groups is 2. The van der Waals surface area contributed by atoms with Crippen LogP contribution >= 0.6 is 22.7 Å². The molecule has 3 rings (SSSR count). The van der Waals surface area contributed by atoms with Crippen molar-refractivity contribution in [1.82, 2.24) is 9.97 Å². The Balaban J connectivity index is 1.75. The van der Waals surface area contributed by atoms with Gasteiger partial charge >= 0.3 is 0 Å². The fourth-order valence-corrected chi connectivity index (χ4v) is 3.53. The van der Waals surface area contributed by atoms with Crippen molar-refractivity contribution in [3.05, 3.63) is 50.4 Å². The molecular formula is C17H16N4O3S2. The molecule has 0 radical (unpaired) electrons. The third kappa shape index (κ3) is 4.06. The highest BCUT2D eigenvalue weighted by Crippen LogP contribution is 2.29. The van der Waals surface area contributed by atoms with E-state index in [9.17, 15) is 9.59 Å². The summed E-state index contributed by atoms with van der Waals surface area (Å²) in [6, 6.07) is 5.03. The highest BCUT2D eigenvalue weighted by Gasteiger charge is 2.14. The molecule has 2 N–H and O–H groups in total. The lowest BCUT2D eigenvalue weighted by Crippen LogP contribution is -2.13. The molecule has 2 heterocycles. The minimum absolute atomic E-state index is 0.241. The number of ether oxygens (including phenoxy) is 1. The third-order valence-electron chi connectivity index (χ3n) is 3.40. The molecule has 0 bridgehead atoms. The van der Waals surface area contributed by atoms with Crippen molar-refractivity contribution >= 4 is 45.9 Å². The van der Waals surface area contributed by atoms with Gasteiger partial charge in [0.05, 0.1) is 35.2 Å². The normalized spacial score (nSPS) is 10.4. The average Bonchev–Trinajstić information content (AvgIpc) is 3.24. The van der Waals surface area contributed by atoms with Crippen LogP contribution in [0.3, 0.4) is 0 Å². The molecule has 2 aromatic heterocycles. The van der Waals surface area contributed by atoms with E-state index < -0.39 is 0 Å². The van der Waals surface area contributed by atoms with Gasteiger partial charge in [-0.1, -0.05) is 0 Å². The Morgan fingerprint density at radius 1 is 0.962 bits per heavy atom. The van der Waals surface area contributed by atoms with Gasteiger partial charge in [-0.05, 0) is 26.0 Å². The molecule has 0 aliphatic heterocycles. The first-order chi connectivity index (χ1) is 12.5. The van der Waals surface area contributed by atoms with E-state index in [4.69, 9.17) is 4.74 Å². The van der Waals surface area contributed by atoms with Crippen molar-refractivity contribution in [2.45, 2.75) is 13.8 Å². The van der Waals surface area contributed by atoms with E-state index in [-0.39, 0.29) is 11.8 Å². The van der Waals surface area contributed by atoms with Gasteiger partial charge in [0.2, 0.25) is 0 Å². The number of amides is 2. The monoisotopic (exact) mass is 388 g/mol. The number of aryl methyl sites for hydroxylation is 2. The van der Waals surface area contributed by atoms with Crippen LogP contribution in [-0.2, 0) is 0 Å². The van der Waals surface area contributed by atoms with Gasteiger partial charge < -0.3 is 15.4 Å². The molecule has 2 amide bonds. The van der Waals surface area contributed by atoms with Crippen molar-refractivity contribution in [3.8, 4) is 5.75 Å². The summed E-state index contributed by atoms with van der Waals surface area (Å²) < 4.78 is 5.33. The summed E-state index contributed by atoms with van der Waals surface area (Å²) in [6.07, 6.45) is 3.08. The minimum Gasteiger partial charge on any atom is -0.494 e. The predicted molar refractivity (Wildman–Crippen MR) is 103 cm³/mol. The lowest BCUT2D eigenvalue weighted by Gasteiger charge is -2.12. The number of rotatable bonds is 5. The number of benzene rings is 1. The molecule has 134 valence electrons. The molecule has 0 unspecified atom stereocenters. The second-order valence-corrected chi connectivity index (χ2v) is 7.78. The van der Waals surface area contributed by atoms with E-state index in [2.05, 4.69) is 20.6 Å². The Morgan fingerprint density at radius 2 is 1.54 bits per heavy atom. The maximum absolute atomic E-state index is 12.3. The summed E-state index contributed by atoms with van der Waals surface area (Å²) in [5.41, 5.74) is 1.07. The van der Waals surface area contributed by atoms with E-state index in [1.807, 2.05) is 13.8 Å². The molecule has 0 aliphatic carbocycles. The van der Waals surface area contributed by atoms with Crippen LogP contribution in [0.1, 0.15) is 29.4 Å². The first-order valence-electron chi connectivity index (χ1n) is 7.62. The summed E-state index contributed by atoms with van der Waals surface area (Å²) in [4.78, 5) is 33.7. The number of methoxy groups -OCH3 is 1. The molecule has 0 saturated carbocycles. The summed E-state index contributed by atoms with van der Waals surface area (Å²) >= 11 is 2.63. The van der Waals surface area contributed by atoms with Crippen molar-refractivity contribution in [1.29, 1.82) is 0 Å². The van der Waals surface area contributed by atoms with Gasteiger partial charge in [-0.25, -0.2) is 9.97 Å². The molecule has 0 fully saturated rings. The number of nitrogens with one attached hydrogen (secondary N) is 2. The topological polar surface area (TPSA) is 93.2 Å². The largest absolute Gasteiger partial charge is 0.494 e. The summed E-state index contributed by atoms with van der Waals surface area (Å²) in [5.74, 6) is -0.0572. The SMILES string of the molecule is COc1cc(NC(=O)c2cnc(C)s2)ccc1NC(=O)c1cnc(C)s1. The number of anilines is 2. The van der Waals surface area contributed by atoms with Gasteiger partial charge in [-0.2, -0.15) is 0 Å². The van der Waals surface area contributed by atoms with Gasteiger partial charge in [0.1, 0.15) is 15.5 Å². The zero-order chi connectivity index (χ0) is 18.7. The third-order valence-corrected chi connectivity index (χ3v) is 5.22. The standard InChI is InChI=1S/C17H16N4O3S2/c1-9-18-7-14(25-9)16(22)20-11-4-5-12(13(6-11)24-3)21-17(23)15-8-19-10(2)26-15/h4-8H,1-3H3,(H,20,22)(H,21,23). The van der Waals surface area contributed by atoms with Gasteiger partial charge in [0.15, 0.2) is 0 Å². The van der Waals surface area contributed by atoms with E-state index in [0.717, 1.165) is 10.0 Å². The molecule has 9 heteroatoms. The van der Waals surface area contributed by atoms with Crippen LogP contribution in [-0.4, -0.2) is 28.9 Å². The van der Waals surface area contributed by atoms with E-state index in [1.165, 1.54) is 42.2 Å². The molecule has 26 heavy (non-hydrogen) atoms. The van der Waals surface area contributed by atoms with Crippen LogP contribution in [0.25, 0.3) is 0 Å². The van der Waals surface area contributed by atoms with Crippen molar-refractivity contribution in [3.63, 3.8) is 0 Å². The minimum atomic E-state index is -0.258. The Morgan fingerprint density at radius 3 is 2.04 bits per heavy atom. The van der Waals surface area contributed by atoms with Gasteiger partial charge in [0, 0.05) is 11.8 Å². The van der Waals surface area contributed by atoms with Crippen LogP contribution in [0.5, 0.6) is 5.75 Å². The second kappa shape index (κ2) is 7.63. The quantitative estimate of drug-likeness (QED) is 0.695. The molecule has 0 atom stereocenters. The maximum Gasteiger partial charge on any atom is 0.267 e. The predicted octanol–water partition coefficient (Wildman–Crippen LogP) is 3.73.